The Hall–Kier alpha value is -4.70. The van der Waals surface area contributed by atoms with E-state index in [4.69, 9.17) is 4.74 Å². The molecule has 0 aliphatic carbocycles. The largest absolute Gasteiger partial charge is 0.508 e. The quantitative estimate of drug-likeness (QED) is 0.264. The van der Waals surface area contributed by atoms with Gasteiger partial charge in [0, 0.05) is 30.0 Å². The van der Waals surface area contributed by atoms with E-state index in [0.717, 1.165) is 34.3 Å². The van der Waals surface area contributed by atoms with Crippen LogP contribution in [0.3, 0.4) is 0 Å². The number of hydrazine groups is 1. The van der Waals surface area contributed by atoms with Crippen molar-refractivity contribution < 1.29 is 19.0 Å². The van der Waals surface area contributed by atoms with Crippen molar-refractivity contribution >= 4 is 29.0 Å². The number of aromatic nitrogens is 2. The number of carbonyl (C=O) groups excluding carboxylic acids is 1. The highest BCUT2D eigenvalue weighted by atomic mass is 19.1. The van der Waals surface area contributed by atoms with Crippen LogP contribution in [-0.4, -0.2) is 47.3 Å². The number of phenolic OH excluding ortho intramolecular Hbond substituents is 1. The molecule has 0 saturated carbocycles. The Kier molecular flexibility index (Phi) is 7.32. The smallest absolute Gasteiger partial charge is 0.269 e. The van der Waals surface area contributed by atoms with Gasteiger partial charge in [0.25, 0.3) is 5.91 Å². The highest BCUT2D eigenvalue weighted by Crippen LogP contribution is 2.26. The van der Waals surface area contributed by atoms with E-state index in [1.807, 2.05) is 55.5 Å². The highest BCUT2D eigenvalue weighted by Gasteiger charge is 2.18. The van der Waals surface area contributed by atoms with Gasteiger partial charge in [-0.3, -0.25) is 15.6 Å². The number of ether oxygens (including phenoxy) is 1. The second kappa shape index (κ2) is 11.1. The number of benzene rings is 3. The molecule has 0 radical (unpaired) electrons. The Morgan fingerprint density at radius 1 is 1.00 bits per heavy atom. The zero-order chi connectivity index (χ0) is 26.5. The molecular formula is C28H27FN6O3. The van der Waals surface area contributed by atoms with Crippen LogP contribution in [0, 0.1) is 12.7 Å². The number of nitrogens with one attached hydrogen (secondary N) is 3. The Bertz CT molecular complexity index is 1440. The van der Waals surface area contributed by atoms with Crippen molar-refractivity contribution in [2.45, 2.75) is 6.92 Å². The Balaban J connectivity index is 1.21. The summed E-state index contributed by atoms with van der Waals surface area (Å²) in [5.74, 6) is -0.419. The molecule has 2 heterocycles. The lowest BCUT2D eigenvalue weighted by Crippen LogP contribution is -2.38. The molecule has 10 heteroatoms. The SMILES string of the molecule is Cc1cc(Nc2ccc(-c3cccc(O)c3)cc2)ccc1C(=O)NNc1ncc(F)c(N2CCOCC2)n1. The predicted molar refractivity (Wildman–Crippen MR) is 144 cm³/mol. The van der Waals surface area contributed by atoms with Gasteiger partial charge in [-0.2, -0.15) is 4.98 Å². The number of anilines is 4. The fourth-order valence-electron chi connectivity index (χ4n) is 4.19. The zero-order valence-electron chi connectivity index (χ0n) is 20.7. The summed E-state index contributed by atoms with van der Waals surface area (Å²) in [5.41, 5.74) is 10.1. The molecule has 4 N–H and O–H groups in total. The molecular weight excluding hydrogens is 487 g/mol. The van der Waals surface area contributed by atoms with E-state index < -0.39 is 5.82 Å². The molecule has 1 amide bonds. The van der Waals surface area contributed by atoms with Gasteiger partial charge in [-0.05, 0) is 66.1 Å². The van der Waals surface area contributed by atoms with Crippen LogP contribution in [0.5, 0.6) is 5.75 Å². The summed E-state index contributed by atoms with van der Waals surface area (Å²) in [7, 11) is 0. The van der Waals surface area contributed by atoms with E-state index in [9.17, 15) is 14.3 Å². The van der Waals surface area contributed by atoms with Crippen molar-refractivity contribution in [2.75, 3.05) is 41.9 Å². The van der Waals surface area contributed by atoms with E-state index in [1.165, 1.54) is 0 Å². The maximum Gasteiger partial charge on any atom is 0.269 e. The van der Waals surface area contributed by atoms with Gasteiger partial charge in [0.1, 0.15) is 5.75 Å². The second-order valence-electron chi connectivity index (χ2n) is 8.83. The lowest BCUT2D eigenvalue weighted by Gasteiger charge is -2.28. The van der Waals surface area contributed by atoms with Crippen LogP contribution < -0.4 is 21.1 Å². The topological polar surface area (TPSA) is 112 Å². The van der Waals surface area contributed by atoms with Crippen LogP contribution >= 0.6 is 0 Å². The summed E-state index contributed by atoms with van der Waals surface area (Å²) < 4.78 is 19.5. The third kappa shape index (κ3) is 5.81. The third-order valence-electron chi connectivity index (χ3n) is 6.15. The average molecular weight is 515 g/mol. The minimum Gasteiger partial charge on any atom is -0.508 e. The van der Waals surface area contributed by atoms with Crippen LogP contribution in [0.15, 0.2) is 72.9 Å². The lowest BCUT2D eigenvalue weighted by molar-refractivity contribution is 0.0961. The standard InChI is InChI=1S/C28H27FN6O3/c1-18-15-22(31-21-7-5-19(6-8-21)20-3-2-4-23(36)16-20)9-10-24(18)27(37)33-34-28-30-17-25(29)26(32-28)35-11-13-38-14-12-35/h2-10,15-17,31,36H,11-14H2,1H3,(H,33,37)(H,30,32,34). The lowest BCUT2D eigenvalue weighted by atomic mass is 10.0. The molecule has 1 aliphatic rings. The number of aryl methyl sites for hydroxylation is 1. The Morgan fingerprint density at radius 3 is 2.50 bits per heavy atom. The van der Waals surface area contributed by atoms with Gasteiger partial charge in [-0.25, -0.2) is 9.37 Å². The molecule has 38 heavy (non-hydrogen) atoms. The van der Waals surface area contributed by atoms with Gasteiger partial charge < -0.3 is 20.1 Å². The van der Waals surface area contributed by atoms with E-state index in [2.05, 4.69) is 26.1 Å². The fourth-order valence-corrected chi connectivity index (χ4v) is 4.19. The first kappa shape index (κ1) is 25.0. The van der Waals surface area contributed by atoms with Gasteiger partial charge in [-0.15, -0.1) is 0 Å². The van der Waals surface area contributed by atoms with Crippen LogP contribution in [0.2, 0.25) is 0 Å². The molecule has 0 bridgehead atoms. The molecule has 0 spiro atoms. The molecule has 4 aromatic rings. The van der Waals surface area contributed by atoms with Crippen molar-refractivity contribution in [3.63, 3.8) is 0 Å². The van der Waals surface area contributed by atoms with Crippen molar-refractivity contribution in [3.05, 3.63) is 89.9 Å². The first-order valence-electron chi connectivity index (χ1n) is 12.1. The van der Waals surface area contributed by atoms with E-state index in [1.54, 1.807) is 23.1 Å². The number of nitrogens with zero attached hydrogens (tertiary/aromatic N) is 3. The molecule has 1 fully saturated rings. The van der Waals surface area contributed by atoms with Crippen molar-refractivity contribution in [2.24, 2.45) is 0 Å². The maximum absolute atomic E-state index is 14.2. The minimum absolute atomic E-state index is 0.0892. The number of phenols is 1. The normalized spacial score (nSPS) is 13.2. The molecule has 1 saturated heterocycles. The van der Waals surface area contributed by atoms with Crippen molar-refractivity contribution in [3.8, 4) is 16.9 Å². The van der Waals surface area contributed by atoms with Crippen LogP contribution in [0.1, 0.15) is 15.9 Å². The molecule has 0 unspecified atom stereocenters. The summed E-state index contributed by atoms with van der Waals surface area (Å²) in [6, 6.07) is 20.4. The molecule has 5 rings (SSSR count). The third-order valence-corrected chi connectivity index (χ3v) is 6.15. The first-order chi connectivity index (χ1) is 18.5. The number of hydrogen-bond donors (Lipinski definition) is 4. The molecule has 9 nitrogen and oxygen atoms in total. The number of halogens is 1. The van der Waals surface area contributed by atoms with Crippen molar-refractivity contribution in [1.82, 2.24) is 15.4 Å². The van der Waals surface area contributed by atoms with Gasteiger partial charge in [0.15, 0.2) is 11.6 Å². The number of morpholine rings is 1. The fraction of sp³-hybridized carbons (Fsp3) is 0.179. The predicted octanol–water partition coefficient (Wildman–Crippen LogP) is 4.63. The van der Waals surface area contributed by atoms with Gasteiger partial charge in [0.2, 0.25) is 5.95 Å². The Labute approximate surface area is 219 Å². The maximum atomic E-state index is 14.2. The Morgan fingerprint density at radius 2 is 1.76 bits per heavy atom. The van der Waals surface area contributed by atoms with Gasteiger partial charge >= 0.3 is 0 Å². The average Bonchev–Trinajstić information content (AvgIpc) is 2.93. The number of amides is 1. The van der Waals surface area contributed by atoms with Gasteiger partial charge in [-0.1, -0.05) is 24.3 Å². The summed E-state index contributed by atoms with van der Waals surface area (Å²) >= 11 is 0. The first-order valence-corrected chi connectivity index (χ1v) is 12.1. The summed E-state index contributed by atoms with van der Waals surface area (Å²) in [6.45, 7) is 3.90. The minimum atomic E-state index is -0.531. The van der Waals surface area contributed by atoms with Crippen LogP contribution in [0.4, 0.5) is 27.5 Å². The van der Waals surface area contributed by atoms with E-state index in [-0.39, 0.29) is 23.4 Å². The zero-order valence-corrected chi connectivity index (χ0v) is 20.7. The monoisotopic (exact) mass is 514 g/mol. The van der Waals surface area contributed by atoms with Crippen LogP contribution in [0.25, 0.3) is 11.1 Å². The number of carbonyl (C=O) groups is 1. The number of aromatic hydroxyl groups is 1. The number of rotatable bonds is 7. The molecule has 1 aromatic heterocycles. The second-order valence-corrected chi connectivity index (χ2v) is 8.83. The van der Waals surface area contributed by atoms with Crippen molar-refractivity contribution in [1.29, 1.82) is 0 Å². The molecule has 0 atom stereocenters. The van der Waals surface area contributed by atoms with Crippen LogP contribution in [-0.2, 0) is 4.74 Å². The highest BCUT2D eigenvalue weighted by molar-refractivity contribution is 5.96. The van der Waals surface area contributed by atoms with E-state index >= 15 is 0 Å². The summed E-state index contributed by atoms with van der Waals surface area (Å²) in [5, 5.41) is 13.0. The summed E-state index contributed by atoms with van der Waals surface area (Å²) in [6.07, 6.45) is 1.08. The molecule has 194 valence electrons. The molecule has 1 aliphatic heterocycles. The molecule has 3 aromatic carbocycles. The van der Waals surface area contributed by atoms with Gasteiger partial charge in [0.05, 0.1) is 19.4 Å². The number of hydrogen-bond acceptors (Lipinski definition) is 8. The van der Waals surface area contributed by atoms with E-state index in [0.29, 0.717) is 31.9 Å². The summed E-state index contributed by atoms with van der Waals surface area (Å²) in [4.78, 5) is 22.7.